The first-order chi connectivity index (χ1) is 14.9. The Balaban J connectivity index is 1.47. The molecule has 0 spiro atoms. The molecule has 156 valence electrons. The second-order valence-corrected chi connectivity index (χ2v) is 7.87. The third-order valence-electron chi connectivity index (χ3n) is 5.25. The summed E-state index contributed by atoms with van der Waals surface area (Å²) < 4.78 is 5.91. The van der Waals surface area contributed by atoms with Gasteiger partial charge in [0.05, 0.1) is 0 Å². The van der Waals surface area contributed by atoms with Crippen LogP contribution in [-0.4, -0.2) is 16.0 Å². The molecule has 0 saturated heterocycles. The lowest BCUT2D eigenvalue weighted by Crippen LogP contribution is -2.34. The van der Waals surface area contributed by atoms with Crippen molar-refractivity contribution < 1.29 is 9.21 Å². The Morgan fingerprint density at radius 2 is 1.77 bits per heavy atom. The summed E-state index contributed by atoms with van der Waals surface area (Å²) in [6.45, 7) is 6.21. The molecule has 0 saturated carbocycles. The summed E-state index contributed by atoms with van der Waals surface area (Å²) in [4.78, 5) is 17.0. The highest BCUT2D eigenvalue weighted by Gasteiger charge is 2.12. The number of aryl methyl sites for hydroxylation is 3. The summed E-state index contributed by atoms with van der Waals surface area (Å²) in [7, 11) is 0. The van der Waals surface area contributed by atoms with Crippen LogP contribution < -0.4 is 10.6 Å². The minimum absolute atomic E-state index is 0.224. The van der Waals surface area contributed by atoms with Crippen molar-refractivity contribution in [2.45, 2.75) is 27.2 Å². The molecular formula is C25H23N3O2S. The summed E-state index contributed by atoms with van der Waals surface area (Å²) in [6, 6.07) is 19.1. The van der Waals surface area contributed by atoms with Crippen LogP contribution in [0.3, 0.4) is 0 Å². The monoisotopic (exact) mass is 429 g/mol. The molecule has 0 aliphatic rings. The molecule has 0 bridgehead atoms. The van der Waals surface area contributed by atoms with E-state index in [9.17, 15) is 4.79 Å². The van der Waals surface area contributed by atoms with Crippen LogP contribution in [0.1, 0.15) is 34.0 Å². The van der Waals surface area contributed by atoms with Crippen molar-refractivity contribution >= 4 is 40.0 Å². The summed E-state index contributed by atoms with van der Waals surface area (Å²) in [5.74, 6) is 0.321. The van der Waals surface area contributed by atoms with Crippen LogP contribution >= 0.6 is 12.2 Å². The fraction of sp³-hybridized carbons (Fsp3) is 0.160. The topological polar surface area (TPSA) is 67.2 Å². The number of nitrogens with one attached hydrogen (secondary N) is 2. The lowest BCUT2D eigenvalue weighted by Gasteiger charge is -2.09. The van der Waals surface area contributed by atoms with E-state index in [0.29, 0.717) is 22.6 Å². The Hall–Kier alpha value is -3.51. The van der Waals surface area contributed by atoms with E-state index < -0.39 is 0 Å². The van der Waals surface area contributed by atoms with Gasteiger partial charge < -0.3 is 9.73 Å². The van der Waals surface area contributed by atoms with Crippen LogP contribution in [0.15, 0.2) is 65.1 Å². The van der Waals surface area contributed by atoms with Crippen LogP contribution in [0, 0.1) is 13.8 Å². The van der Waals surface area contributed by atoms with E-state index in [0.717, 1.165) is 17.7 Å². The molecule has 31 heavy (non-hydrogen) atoms. The maximum Gasteiger partial charge on any atom is 0.257 e. The largest absolute Gasteiger partial charge is 0.436 e. The van der Waals surface area contributed by atoms with Crippen molar-refractivity contribution in [3.05, 3.63) is 82.9 Å². The molecule has 3 aromatic carbocycles. The first-order valence-corrected chi connectivity index (χ1v) is 10.5. The third kappa shape index (κ3) is 4.64. The molecule has 5 nitrogen and oxygen atoms in total. The molecule has 0 fully saturated rings. The predicted molar refractivity (Wildman–Crippen MR) is 128 cm³/mol. The number of fused-ring (bicyclic) bond motifs is 1. The van der Waals surface area contributed by atoms with Gasteiger partial charge >= 0.3 is 0 Å². The van der Waals surface area contributed by atoms with Crippen LogP contribution in [0.5, 0.6) is 0 Å². The van der Waals surface area contributed by atoms with Crippen molar-refractivity contribution in [1.82, 2.24) is 10.3 Å². The fourth-order valence-corrected chi connectivity index (χ4v) is 3.44. The van der Waals surface area contributed by atoms with Crippen molar-refractivity contribution in [3.8, 4) is 11.5 Å². The Morgan fingerprint density at radius 1 is 1.00 bits per heavy atom. The molecule has 4 rings (SSSR count). The normalized spacial score (nSPS) is 10.8. The van der Waals surface area contributed by atoms with Gasteiger partial charge in [0.1, 0.15) is 5.52 Å². The maximum absolute atomic E-state index is 12.4. The second kappa shape index (κ2) is 8.70. The van der Waals surface area contributed by atoms with Crippen LogP contribution in [0.4, 0.5) is 5.69 Å². The highest BCUT2D eigenvalue weighted by molar-refractivity contribution is 7.80. The van der Waals surface area contributed by atoms with Gasteiger partial charge in [0.25, 0.3) is 5.91 Å². The van der Waals surface area contributed by atoms with Gasteiger partial charge in [-0.2, -0.15) is 0 Å². The van der Waals surface area contributed by atoms with Gasteiger partial charge in [-0.25, -0.2) is 4.98 Å². The molecule has 1 heterocycles. The smallest absolute Gasteiger partial charge is 0.257 e. The second-order valence-electron chi connectivity index (χ2n) is 7.46. The zero-order chi connectivity index (χ0) is 22.0. The Kier molecular flexibility index (Phi) is 5.82. The van der Waals surface area contributed by atoms with Gasteiger partial charge in [0, 0.05) is 16.8 Å². The Bertz CT molecular complexity index is 1280. The summed E-state index contributed by atoms with van der Waals surface area (Å²) >= 11 is 5.30. The van der Waals surface area contributed by atoms with Crippen molar-refractivity contribution in [3.63, 3.8) is 0 Å². The lowest BCUT2D eigenvalue weighted by molar-refractivity contribution is 0.0977. The Morgan fingerprint density at radius 3 is 2.48 bits per heavy atom. The molecule has 0 radical (unpaired) electrons. The molecule has 1 amide bonds. The number of hydrogen-bond acceptors (Lipinski definition) is 4. The van der Waals surface area contributed by atoms with Gasteiger partial charge in [0.2, 0.25) is 5.89 Å². The number of aromatic nitrogens is 1. The third-order valence-corrected chi connectivity index (χ3v) is 5.45. The zero-order valence-electron chi connectivity index (χ0n) is 17.7. The number of carbonyl (C=O) groups is 1. The molecular weight excluding hydrogens is 406 g/mol. The first kappa shape index (κ1) is 20.8. The Labute approximate surface area is 186 Å². The fourth-order valence-electron chi connectivity index (χ4n) is 3.23. The van der Waals surface area contributed by atoms with Gasteiger partial charge in [0.15, 0.2) is 10.7 Å². The van der Waals surface area contributed by atoms with E-state index >= 15 is 0 Å². The molecule has 1 aromatic heterocycles. The molecule has 2 N–H and O–H groups in total. The highest BCUT2D eigenvalue weighted by Crippen LogP contribution is 2.27. The van der Waals surface area contributed by atoms with Crippen LogP contribution in [-0.2, 0) is 6.42 Å². The molecule has 0 aliphatic carbocycles. The van der Waals surface area contributed by atoms with Crippen LogP contribution in [0.2, 0.25) is 0 Å². The average molecular weight is 430 g/mol. The minimum Gasteiger partial charge on any atom is -0.436 e. The number of oxazole rings is 1. The van der Waals surface area contributed by atoms with Crippen molar-refractivity contribution in [2.75, 3.05) is 5.32 Å². The number of amides is 1. The van der Waals surface area contributed by atoms with E-state index in [1.165, 1.54) is 16.7 Å². The maximum atomic E-state index is 12.4. The average Bonchev–Trinajstić information content (AvgIpc) is 3.19. The summed E-state index contributed by atoms with van der Waals surface area (Å²) in [5, 5.41) is 5.97. The quantitative estimate of drug-likeness (QED) is 0.401. The lowest BCUT2D eigenvalue weighted by atomic mass is 10.1. The number of anilines is 1. The number of benzene rings is 3. The van der Waals surface area contributed by atoms with E-state index in [1.807, 2.05) is 36.4 Å². The van der Waals surface area contributed by atoms with Crippen molar-refractivity contribution in [1.29, 1.82) is 0 Å². The highest BCUT2D eigenvalue weighted by atomic mass is 32.1. The standard InChI is InChI=1S/C25H23N3O2S/c1-4-17-6-9-18(10-7-17)23(29)28-25(31)26-20-11-12-22-21(14-20)27-24(30-22)19-8-5-15(2)16(3)13-19/h5-14H,4H2,1-3H3,(H2,26,28,29,31). The van der Waals surface area contributed by atoms with E-state index in [1.54, 1.807) is 12.1 Å². The molecule has 0 atom stereocenters. The van der Waals surface area contributed by atoms with E-state index in [4.69, 9.17) is 16.6 Å². The number of nitrogens with zero attached hydrogens (tertiary/aromatic N) is 1. The molecule has 6 heteroatoms. The zero-order valence-corrected chi connectivity index (χ0v) is 18.5. The summed E-state index contributed by atoms with van der Waals surface area (Å²) in [6.07, 6.45) is 0.928. The van der Waals surface area contributed by atoms with Gasteiger partial charge in [-0.05, 0) is 91.6 Å². The minimum atomic E-state index is -0.250. The molecule has 0 aliphatic heterocycles. The SMILES string of the molecule is CCc1ccc(C(=O)NC(=S)Nc2ccc3oc(-c4ccc(C)c(C)c4)nc3c2)cc1. The predicted octanol–water partition coefficient (Wildman–Crippen LogP) is 5.80. The number of carbonyl (C=O) groups excluding carboxylic acids is 1. The van der Waals surface area contributed by atoms with Gasteiger partial charge in [-0.15, -0.1) is 0 Å². The number of hydrogen-bond donors (Lipinski definition) is 2. The molecule has 4 aromatic rings. The number of rotatable bonds is 4. The van der Waals surface area contributed by atoms with Gasteiger partial charge in [-0.3, -0.25) is 10.1 Å². The van der Waals surface area contributed by atoms with Crippen molar-refractivity contribution in [2.24, 2.45) is 0 Å². The first-order valence-electron chi connectivity index (χ1n) is 10.1. The molecule has 0 unspecified atom stereocenters. The van der Waals surface area contributed by atoms with E-state index in [2.05, 4.69) is 48.5 Å². The van der Waals surface area contributed by atoms with Crippen LogP contribution in [0.25, 0.3) is 22.6 Å². The number of thiocarbonyl (C=S) groups is 1. The summed E-state index contributed by atoms with van der Waals surface area (Å²) in [5.41, 5.74) is 7.21. The van der Waals surface area contributed by atoms with E-state index in [-0.39, 0.29) is 11.0 Å². The van der Waals surface area contributed by atoms with Gasteiger partial charge in [-0.1, -0.05) is 25.1 Å².